The van der Waals surface area contributed by atoms with Crippen LogP contribution < -0.4 is 0 Å². The van der Waals surface area contributed by atoms with Crippen LogP contribution in [0.25, 0.3) is 44.5 Å². The molecule has 0 bridgehead atoms. The first-order chi connectivity index (χ1) is 16.1. The maximum absolute atomic E-state index is 2.32. The van der Waals surface area contributed by atoms with Crippen molar-refractivity contribution >= 4 is 0 Å². The quantitative estimate of drug-likeness (QED) is 0.270. The minimum atomic E-state index is 1.24. The molecule has 0 spiro atoms. The van der Waals surface area contributed by atoms with Gasteiger partial charge in [0.15, 0.2) is 0 Å². The van der Waals surface area contributed by atoms with Gasteiger partial charge in [0.05, 0.1) is 0 Å². The summed E-state index contributed by atoms with van der Waals surface area (Å²) in [6.45, 7) is 6.45. The van der Waals surface area contributed by atoms with Crippen molar-refractivity contribution in [2.75, 3.05) is 0 Å². The summed E-state index contributed by atoms with van der Waals surface area (Å²) >= 11 is 0. The topological polar surface area (TPSA) is 0 Å². The van der Waals surface area contributed by atoms with Crippen molar-refractivity contribution in [1.29, 1.82) is 0 Å². The normalized spacial score (nSPS) is 10.9. The first-order valence-corrected chi connectivity index (χ1v) is 11.5. The van der Waals surface area contributed by atoms with Crippen molar-refractivity contribution in [3.8, 4) is 44.5 Å². The van der Waals surface area contributed by atoms with Crippen LogP contribution in [0, 0.1) is 20.8 Å². The highest BCUT2D eigenvalue weighted by molar-refractivity contribution is 5.87. The van der Waals surface area contributed by atoms with Crippen molar-refractivity contribution in [3.05, 3.63) is 132 Å². The summed E-state index contributed by atoms with van der Waals surface area (Å²) in [6.07, 6.45) is 0. The van der Waals surface area contributed by atoms with E-state index in [1.165, 1.54) is 61.2 Å². The van der Waals surface area contributed by atoms with Gasteiger partial charge in [0.25, 0.3) is 0 Å². The van der Waals surface area contributed by atoms with Gasteiger partial charge in [0, 0.05) is 0 Å². The second kappa shape index (κ2) is 8.92. The highest BCUT2D eigenvalue weighted by Crippen LogP contribution is 2.36. The lowest BCUT2D eigenvalue weighted by Gasteiger charge is -2.13. The Morgan fingerprint density at radius 3 is 1.33 bits per heavy atom. The maximum atomic E-state index is 2.32. The number of hydrogen-bond acceptors (Lipinski definition) is 0. The van der Waals surface area contributed by atoms with Crippen molar-refractivity contribution in [2.24, 2.45) is 0 Å². The Morgan fingerprint density at radius 1 is 0.303 bits per heavy atom. The van der Waals surface area contributed by atoms with Gasteiger partial charge in [0.2, 0.25) is 0 Å². The lowest BCUT2D eigenvalue weighted by molar-refractivity contribution is 1.38. The predicted molar refractivity (Wildman–Crippen MR) is 142 cm³/mol. The second-order valence-corrected chi connectivity index (χ2v) is 8.95. The van der Waals surface area contributed by atoms with Gasteiger partial charge < -0.3 is 0 Å². The fourth-order valence-corrected chi connectivity index (χ4v) is 4.61. The summed E-state index contributed by atoms with van der Waals surface area (Å²) in [6, 6.07) is 42.0. The molecule has 0 nitrogen and oxygen atoms in total. The third-order valence-electron chi connectivity index (χ3n) is 6.21. The Kier molecular flexibility index (Phi) is 5.67. The molecule has 33 heavy (non-hydrogen) atoms. The van der Waals surface area contributed by atoms with Gasteiger partial charge in [-0.25, -0.2) is 0 Å². The monoisotopic (exact) mass is 424 g/mol. The molecule has 0 unspecified atom stereocenters. The van der Waals surface area contributed by atoms with Crippen LogP contribution in [0.15, 0.2) is 115 Å². The zero-order chi connectivity index (χ0) is 22.8. The first kappa shape index (κ1) is 21.0. The fourth-order valence-electron chi connectivity index (χ4n) is 4.61. The second-order valence-electron chi connectivity index (χ2n) is 8.95. The highest BCUT2D eigenvalue weighted by atomic mass is 14.1. The SMILES string of the molecule is Cc1ccc(-c2cccc(-c3ccccc3-c3cccc(-c4cc(C)cc(C)c4)c3)c2)cc1. The van der Waals surface area contributed by atoms with Crippen LogP contribution in [0.5, 0.6) is 0 Å². The molecular formula is C33H28. The van der Waals surface area contributed by atoms with E-state index in [9.17, 15) is 0 Å². The van der Waals surface area contributed by atoms with Crippen LogP contribution in [0.3, 0.4) is 0 Å². The molecular weight excluding hydrogens is 396 g/mol. The van der Waals surface area contributed by atoms with Crippen LogP contribution in [0.4, 0.5) is 0 Å². The molecule has 5 aromatic rings. The van der Waals surface area contributed by atoms with E-state index < -0.39 is 0 Å². The average Bonchev–Trinajstić information content (AvgIpc) is 2.84. The van der Waals surface area contributed by atoms with E-state index >= 15 is 0 Å². The van der Waals surface area contributed by atoms with Gasteiger partial charge >= 0.3 is 0 Å². The number of rotatable bonds is 4. The smallest absolute Gasteiger partial charge is 0.0105 e. The molecule has 0 atom stereocenters. The van der Waals surface area contributed by atoms with Crippen LogP contribution in [-0.4, -0.2) is 0 Å². The molecule has 0 amide bonds. The van der Waals surface area contributed by atoms with Crippen molar-refractivity contribution in [3.63, 3.8) is 0 Å². The largest absolute Gasteiger partial charge is 0.0616 e. The summed E-state index contributed by atoms with van der Waals surface area (Å²) in [4.78, 5) is 0. The molecule has 0 heterocycles. The van der Waals surface area contributed by atoms with E-state index in [-0.39, 0.29) is 0 Å². The number of aryl methyl sites for hydroxylation is 3. The molecule has 0 aliphatic carbocycles. The zero-order valence-corrected chi connectivity index (χ0v) is 19.5. The fraction of sp³-hybridized carbons (Fsp3) is 0.0909. The molecule has 0 heteroatoms. The van der Waals surface area contributed by atoms with Crippen molar-refractivity contribution in [1.82, 2.24) is 0 Å². The van der Waals surface area contributed by atoms with Gasteiger partial charge in [-0.15, -0.1) is 0 Å². The lowest BCUT2D eigenvalue weighted by atomic mass is 9.91. The Bertz CT molecular complexity index is 1400. The molecule has 0 fully saturated rings. The number of benzene rings is 5. The van der Waals surface area contributed by atoms with E-state index in [1.807, 2.05) is 0 Å². The molecule has 5 rings (SSSR count). The maximum Gasteiger partial charge on any atom is -0.0105 e. The Morgan fingerprint density at radius 2 is 0.788 bits per heavy atom. The van der Waals surface area contributed by atoms with Crippen molar-refractivity contribution < 1.29 is 0 Å². The molecule has 0 aromatic heterocycles. The predicted octanol–water partition coefficient (Wildman–Crippen LogP) is 9.28. The zero-order valence-electron chi connectivity index (χ0n) is 19.5. The molecule has 0 N–H and O–H groups in total. The van der Waals surface area contributed by atoms with Crippen molar-refractivity contribution in [2.45, 2.75) is 20.8 Å². The summed E-state index contributed by atoms with van der Waals surface area (Å²) in [7, 11) is 0. The van der Waals surface area contributed by atoms with Crippen LogP contribution >= 0.6 is 0 Å². The molecule has 0 aliphatic heterocycles. The highest BCUT2D eigenvalue weighted by Gasteiger charge is 2.10. The van der Waals surface area contributed by atoms with E-state index in [2.05, 4.69) is 136 Å². The van der Waals surface area contributed by atoms with Gasteiger partial charge in [-0.2, -0.15) is 0 Å². The Labute approximate surface area is 197 Å². The van der Waals surface area contributed by atoms with Crippen LogP contribution in [0.1, 0.15) is 16.7 Å². The summed E-state index contributed by atoms with van der Waals surface area (Å²) in [5, 5.41) is 0. The van der Waals surface area contributed by atoms with Gasteiger partial charge in [0.1, 0.15) is 0 Å². The molecule has 0 aliphatic rings. The average molecular weight is 425 g/mol. The third-order valence-corrected chi connectivity index (χ3v) is 6.21. The molecule has 0 radical (unpaired) electrons. The third kappa shape index (κ3) is 4.52. The van der Waals surface area contributed by atoms with Crippen LogP contribution in [0.2, 0.25) is 0 Å². The summed E-state index contributed by atoms with van der Waals surface area (Å²) in [5.74, 6) is 0. The molecule has 5 aromatic carbocycles. The van der Waals surface area contributed by atoms with Crippen LogP contribution in [-0.2, 0) is 0 Å². The minimum absolute atomic E-state index is 1.24. The van der Waals surface area contributed by atoms with E-state index in [1.54, 1.807) is 0 Å². The molecule has 0 saturated carbocycles. The molecule has 160 valence electrons. The number of hydrogen-bond donors (Lipinski definition) is 0. The first-order valence-electron chi connectivity index (χ1n) is 11.5. The van der Waals surface area contributed by atoms with E-state index in [4.69, 9.17) is 0 Å². The van der Waals surface area contributed by atoms with Gasteiger partial charge in [-0.05, 0) is 77.4 Å². The van der Waals surface area contributed by atoms with E-state index in [0.29, 0.717) is 0 Å². The van der Waals surface area contributed by atoms with Gasteiger partial charge in [-0.1, -0.05) is 120 Å². The summed E-state index contributed by atoms with van der Waals surface area (Å²) in [5.41, 5.74) is 13.9. The standard InChI is InChI=1S/C33H28/c1-23-14-16-26(17-15-23)27-8-6-10-29(21-27)32-12-4-5-13-33(32)30-11-7-9-28(22-30)31-19-24(2)18-25(3)20-31/h4-22H,1-3H3. The van der Waals surface area contributed by atoms with E-state index in [0.717, 1.165) is 0 Å². The van der Waals surface area contributed by atoms with Gasteiger partial charge in [-0.3, -0.25) is 0 Å². The Hall–Kier alpha value is -3.90. The summed E-state index contributed by atoms with van der Waals surface area (Å²) < 4.78 is 0. The lowest BCUT2D eigenvalue weighted by Crippen LogP contribution is -1.88. The molecule has 0 saturated heterocycles. The minimum Gasteiger partial charge on any atom is -0.0616 e. The Balaban J connectivity index is 1.58.